The number of aryl methyl sites for hydroxylation is 1. The lowest BCUT2D eigenvalue weighted by Gasteiger charge is -2.26. The van der Waals surface area contributed by atoms with E-state index >= 15 is 0 Å². The number of rotatable bonds is 7. The molecule has 28 heavy (non-hydrogen) atoms. The first kappa shape index (κ1) is 18.5. The molecule has 0 amide bonds. The van der Waals surface area contributed by atoms with Gasteiger partial charge in [0, 0.05) is 0 Å². The minimum Gasteiger partial charge on any atom is -0.489 e. The number of hydrogen-bond donors (Lipinski definition) is 0. The number of para-hydroxylation sites is 3. The van der Waals surface area contributed by atoms with Crippen LogP contribution < -0.4 is 9.04 Å². The molecule has 0 spiro atoms. The number of hydrogen-bond acceptors (Lipinski definition) is 4. The highest BCUT2D eigenvalue weighted by Gasteiger charge is 2.30. The summed E-state index contributed by atoms with van der Waals surface area (Å²) in [7, 11) is -3.85. The van der Waals surface area contributed by atoms with Crippen LogP contribution in [0.4, 0.5) is 11.4 Å². The summed E-state index contributed by atoms with van der Waals surface area (Å²) >= 11 is 0. The van der Waals surface area contributed by atoms with Crippen LogP contribution in [0.3, 0.4) is 0 Å². The zero-order valence-corrected chi connectivity index (χ0v) is 16.3. The van der Waals surface area contributed by atoms with E-state index in [1.165, 1.54) is 4.31 Å². The summed E-state index contributed by atoms with van der Waals surface area (Å²) in [5, 5.41) is 0. The summed E-state index contributed by atoms with van der Waals surface area (Å²) in [6, 6.07) is 23.1. The number of anilines is 2. The Bertz CT molecular complexity index is 1060. The highest BCUT2D eigenvalue weighted by atomic mass is 32.2. The SMILES string of the molecule is Cc1cccc(S(=O)(=O)N(c2ccccc2)c2ccccc2OCC2CO2)c1. The lowest BCUT2D eigenvalue weighted by molar-refractivity contribution is 0.264. The van der Waals surface area contributed by atoms with E-state index in [1.54, 1.807) is 48.5 Å². The van der Waals surface area contributed by atoms with Gasteiger partial charge >= 0.3 is 0 Å². The van der Waals surface area contributed by atoms with Crippen molar-refractivity contribution in [1.29, 1.82) is 0 Å². The first-order valence-corrected chi connectivity index (χ1v) is 10.5. The smallest absolute Gasteiger partial charge is 0.268 e. The molecular formula is C22H21NO4S. The molecular weight excluding hydrogens is 374 g/mol. The molecule has 0 radical (unpaired) electrons. The van der Waals surface area contributed by atoms with Crippen molar-refractivity contribution in [3.05, 3.63) is 84.4 Å². The Morgan fingerprint density at radius 3 is 2.43 bits per heavy atom. The van der Waals surface area contributed by atoms with Crippen molar-refractivity contribution >= 4 is 21.4 Å². The van der Waals surface area contributed by atoms with E-state index < -0.39 is 10.0 Å². The van der Waals surface area contributed by atoms with E-state index in [2.05, 4.69) is 0 Å². The monoisotopic (exact) mass is 395 g/mol. The van der Waals surface area contributed by atoms with Gasteiger partial charge in [-0.25, -0.2) is 12.7 Å². The highest BCUT2D eigenvalue weighted by molar-refractivity contribution is 7.93. The van der Waals surface area contributed by atoms with Gasteiger partial charge in [-0.2, -0.15) is 0 Å². The van der Waals surface area contributed by atoms with Gasteiger partial charge in [-0.05, 0) is 48.9 Å². The van der Waals surface area contributed by atoms with Crippen LogP contribution in [0.1, 0.15) is 5.56 Å². The Hall–Kier alpha value is -2.83. The summed E-state index contributed by atoms with van der Waals surface area (Å²) in [6.45, 7) is 2.94. The van der Waals surface area contributed by atoms with Crippen molar-refractivity contribution in [2.75, 3.05) is 17.5 Å². The quantitative estimate of drug-likeness (QED) is 0.560. The molecule has 3 aromatic carbocycles. The summed E-state index contributed by atoms with van der Waals surface area (Å²) in [6.07, 6.45) is 0.0756. The van der Waals surface area contributed by atoms with Crippen LogP contribution in [0.2, 0.25) is 0 Å². The molecule has 144 valence electrons. The van der Waals surface area contributed by atoms with Crippen LogP contribution in [-0.4, -0.2) is 27.7 Å². The summed E-state index contributed by atoms with van der Waals surface area (Å²) in [5.74, 6) is 0.498. The van der Waals surface area contributed by atoms with Gasteiger partial charge in [-0.3, -0.25) is 0 Å². The van der Waals surface area contributed by atoms with Crippen molar-refractivity contribution < 1.29 is 17.9 Å². The Morgan fingerprint density at radius 1 is 1.00 bits per heavy atom. The molecule has 5 nitrogen and oxygen atoms in total. The predicted octanol–water partition coefficient (Wildman–Crippen LogP) is 4.30. The molecule has 0 saturated carbocycles. The molecule has 1 heterocycles. The number of epoxide rings is 1. The molecule has 1 atom stereocenters. The first-order chi connectivity index (χ1) is 13.6. The molecule has 0 aromatic heterocycles. The maximum atomic E-state index is 13.6. The molecule has 1 aliphatic rings. The molecule has 1 aliphatic heterocycles. The molecule has 0 bridgehead atoms. The number of sulfonamides is 1. The minimum atomic E-state index is -3.85. The molecule has 1 fully saturated rings. The van der Waals surface area contributed by atoms with E-state index in [-0.39, 0.29) is 11.0 Å². The average Bonchev–Trinajstić information content (AvgIpc) is 3.53. The lowest BCUT2D eigenvalue weighted by atomic mass is 10.2. The van der Waals surface area contributed by atoms with Crippen LogP contribution in [-0.2, 0) is 14.8 Å². The number of benzene rings is 3. The first-order valence-electron chi connectivity index (χ1n) is 9.06. The second-order valence-corrected chi connectivity index (χ2v) is 8.44. The number of nitrogens with zero attached hydrogens (tertiary/aromatic N) is 1. The third-order valence-corrected chi connectivity index (χ3v) is 6.17. The predicted molar refractivity (Wildman–Crippen MR) is 109 cm³/mol. The highest BCUT2D eigenvalue weighted by Crippen LogP contribution is 2.38. The summed E-state index contributed by atoms with van der Waals surface area (Å²) < 4.78 is 39.7. The van der Waals surface area contributed by atoms with Crippen molar-refractivity contribution in [3.8, 4) is 5.75 Å². The number of ether oxygens (including phenoxy) is 2. The molecule has 3 aromatic rings. The van der Waals surface area contributed by atoms with Gasteiger partial charge in [-0.1, -0.05) is 42.5 Å². The average molecular weight is 395 g/mol. The van der Waals surface area contributed by atoms with Crippen molar-refractivity contribution in [2.24, 2.45) is 0 Å². The maximum Gasteiger partial charge on any atom is 0.268 e. The van der Waals surface area contributed by atoms with E-state index in [0.29, 0.717) is 30.3 Å². The fourth-order valence-electron chi connectivity index (χ4n) is 2.95. The Labute approximate surface area is 165 Å². The van der Waals surface area contributed by atoms with E-state index in [9.17, 15) is 8.42 Å². The Balaban J connectivity index is 1.83. The third-order valence-electron chi connectivity index (χ3n) is 4.43. The van der Waals surface area contributed by atoms with E-state index in [1.807, 2.05) is 37.3 Å². The van der Waals surface area contributed by atoms with Crippen molar-refractivity contribution in [1.82, 2.24) is 0 Å². The van der Waals surface area contributed by atoms with Gasteiger partial charge in [0.1, 0.15) is 18.5 Å². The van der Waals surface area contributed by atoms with Crippen LogP contribution in [0.15, 0.2) is 83.8 Å². The fraction of sp³-hybridized carbons (Fsp3) is 0.182. The second-order valence-electron chi connectivity index (χ2n) is 6.66. The van der Waals surface area contributed by atoms with Crippen LogP contribution >= 0.6 is 0 Å². The Kier molecular flexibility index (Phi) is 5.07. The summed E-state index contributed by atoms with van der Waals surface area (Å²) in [5.41, 5.74) is 1.89. The summed E-state index contributed by atoms with van der Waals surface area (Å²) in [4.78, 5) is 0.233. The van der Waals surface area contributed by atoms with Crippen molar-refractivity contribution in [2.45, 2.75) is 17.9 Å². The molecule has 6 heteroatoms. The van der Waals surface area contributed by atoms with Crippen LogP contribution in [0.5, 0.6) is 5.75 Å². The topological polar surface area (TPSA) is 59.1 Å². The largest absolute Gasteiger partial charge is 0.489 e. The molecule has 4 rings (SSSR count). The standard InChI is InChI=1S/C22H21NO4S/c1-17-8-7-11-20(14-17)28(24,25)23(18-9-3-2-4-10-18)21-12-5-6-13-22(21)27-16-19-15-26-19/h2-14,19H,15-16H2,1H3. The molecule has 0 aliphatic carbocycles. The van der Waals surface area contributed by atoms with Crippen LogP contribution in [0.25, 0.3) is 0 Å². The van der Waals surface area contributed by atoms with Gasteiger partial charge in [-0.15, -0.1) is 0 Å². The fourth-order valence-corrected chi connectivity index (χ4v) is 4.55. The zero-order chi connectivity index (χ0) is 19.6. The van der Waals surface area contributed by atoms with Gasteiger partial charge in [0.15, 0.2) is 0 Å². The minimum absolute atomic E-state index is 0.0756. The van der Waals surface area contributed by atoms with Gasteiger partial charge < -0.3 is 9.47 Å². The lowest BCUT2D eigenvalue weighted by Crippen LogP contribution is -2.27. The van der Waals surface area contributed by atoms with Gasteiger partial charge in [0.25, 0.3) is 10.0 Å². The normalized spacial score (nSPS) is 15.8. The van der Waals surface area contributed by atoms with Gasteiger partial charge in [0.05, 0.1) is 22.9 Å². The van der Waals surface area contributed by atoms with Crippen LogP contribution in [0, 0.1) is 6.92 Å². The third kappa shape index (κ3) is 3.88. The van der Waals surface area contributed by atoms with Gasteiger partial charge in [0.2, 0.25) is 0 Å². The molecule has 1 unspecified atom stereocenters. The molecule has 0 N–H and O–H groups in total. The Morgan fingerprint density at radius 2 is 1.71 bits per heavy atom. The molecule has 1 saturated heterocycles. The van der Waals surface area contributed by atoms with E-state index in [0.717, 1.165) is 5.56 Å². The maximum absolute atomic E-state index is 13.6. The zero-order valence-electron chi connectivity index (χ0n) is 15.5. The van der Waals surface area contributed by atoms with Crippen molar-refractivity contribution in [3.63, 3.8) is 0 Å². The van der Waals surface area contributed by atoms with E-state index in [4.69, 9.17) is 9.47 Å². The second kappa shape index (κ2) is 7.66.